The normalized spacial score (nSPS) is 25.1. The molecule has 0 radical (unpaired) electrons. The molecule has 2 N–H and O–H groups in total. The zero-order valence-corrected chi connectivity index (χ0v) is 17.3. The summed E-state index contributed by atoms with van der Waals surface area (Å²) in [4.78, 5) is 14.4. The smallest absolute Gasteiger partial charge is 0.255 e. The van der Waals surface area contributed by atoms with Crippen LogP contribution >= 0.6 is 0 Å². The summed E-state index contributed by atoms with van der Waals surface area (Å²) in [5, 5.41) is -1.03. The van der Waals surface area contributed by atoms with Crippen LogP contribution in [0.2, 0.25) is 0 Å². The van der Waals surface area contributed by atoms with Gasteiger partial charge < -0.3 is 15.4 Å². The van der Waals surface area contributed by atoms with Gasteiger partial charge >= 0.3 is 0 Å². The van der Waals surface area contributed by atoms with Crippen LogP contribution in [0.25, 0.3) is 0 Å². The van der Waals surface area contributed by atoms with E-state index in [-0.39, 0.29) is 36.6 Å². The Kier molecular flexibility index (Phi) is 4.56. The van der Waals surface area contributed by atoms with Gasteiger partial charge in [0, 0.05) is 13.6 Å². The van der Waals surface area contributed by atoms with E-state index in [2.05, 4.69) is 15.0 Å². The van der Waals surface area contributed by atoms with Crippen molar-refractivity contribution in [2.75, 3.05) is 32.1 Å². The Bertz CT molecular complexity index is 1140. The van der Waals surface area contributed by atoms with E-state index in [0.717, 1.165) is 4.31 Å². The number of rotatable bonds is 3. The standard InChI is InChI=1S/C18H20F2N6O3S/c1-10-14(20)15(29-3)23-17(22-10)26-8-13-18(9-26,11-4-6-12(19)7-5-11)24-16(21)25(2)30(13,27)28/h4-7,13H,8-9H2,1-3H3,(H2,21,24). The maximum Gasteiger partial charge on any atom is 0.255 e. The fourth-order valence-corrected chi connectivity index (χ4v) is 5.69. The summed E-state index contributed by atoms with van der Waals surface area (Å²) in [5.41, 5.74) is 5.18. The molecule has 1 aromatic carbocycles. The van der Waals surface area contributed by atoms with Crippen molar-refractivity contribution in [2.45, 2.75) is 17.7 Å². The molecule has 160 valence electrons. The van der Waals surface area contributed by atoms with Gasteiger partial charge in [0.25, 0.3) is 5.88 Å². The molecule has 1 saturated heterocycles. The average Bonchev–Trinajstić information content (AvgIpc) is 3.10. The molecular weight excluding hydrogens is 418 g/mol. The third kappa shape index (κ3) is 2.85. The van der Waals surface area contributed by atoms with E-state index in [1.165, 1.54) is 45.3 Å². The Labute approximate surface area is 172 Å². The van der Waals surface area contributed by atoms with Crippen LogP contribution in [-0.2, 0) is 15.6 Å². The number of halogens is 2. The molecule has 0 saturated carbocycles. The monoisotopic (exact) mass is 438 g/mol. The summed E-state index contributed by atoms with van der Waals surface area (Å²) >= 11 is 0. The third-order valence-corrected chi connectivity index (χ3v) is 7.73. The fraction of sp³-hybridized carbons (Fsp3) is 0.389. The largest absolute Gasteiger partial charge is 0.479 e. The lowest BCUT2D eigenvalue weighted by molar-refractivity contribution is 0.365. The SMILES string of the molecule is COc1nc(N2CC3C(c4ccc(F)cc4)(C2)N=C(N)N(C)S3(=O)=O)nc(C)c1F. The minimum Gasteiger partial charge on any atom is -0.479 e. The molecule has 1 aromatic heterocycles. The minimum absolute atomic E-state index is 0.0188. The number of hydrogen-bond donors (Lipinski definition) is 1. The maximum atomic E-state index is 14.1. The summed E-state index contributed by atoms with van der Waals surface area (Å²) in [6.45, 7) is 1.49. The van der Waals surface area contributed by atoms with Gasteiger partial charge in [-0.2, -0.15) is 9.37 Å². The van der Waals surface area contributed by atoms with Crippen LogP contribution in [0.1, 0.15) is 11.3 Å². The van der Waals surface area contributed by atoms with E-state index in [9.17, 15) is 17.2 Å². The Morgan fingerprint density at radius 2 is 1.90 bits per heavy atom. The predicted molar refractivity (Wildman–Crippen MR) is 106 cm³/mol. The van der Waals surface area contributed by atoms with Crippen molar-refractivity contribution in [3.63, 3.8) is 0 Å². The minimum atomic E-state index is -3.90. The van der Waals surface area contributed by atoms with Crippen molar-refractivity contribution in [2.24, 2.45) is 10.7 Å². The van der Waals surface area contributed by atoms with Crippen molar-refractivity contribution >= 4 is 21.9 Å². The fourth-order valence-electron chi connectivity index (χ4n) is 3.88. The lowest BCUT2D eigenvalue weighted by atomic mass is 9.89. The second kappa shape index (κ2) is 6.76. The van der Waals surface area contributed by atoms with Gasteiger partial charge in [0.05, 0.1) is 19.3 Å². The molecule has 0 aliphatic carbocycles. The van der Waals surface area contributed by atoms with Crippen molar-refractivity contribution in [1.29, 1.82) is 0 Å². The molecule has 0 spiro atoms. The number of sulfonamides is 1. The first-order valence-electron chi connectivity index (χ1n) is 9.02. The molecular formula is C18H20F2N6O3S. The number of ether oxygens (including phenoxy) is 1. The first-order chi connectivity index (χ1) is 14.1. The molecule has 9 nitrogen and oxygen atoms in total. The predicted octanol–water partition coefficient (Wildman–Crippen LogP) is 0.746. The van der Waals surface area contributed by atoms with E-state index in [1.807, 2.05) is 0 Å². The van der Waals surface area contributed by atoms with E-state index >= 15 is 0 Å². The highest BCUT2D eigenvalue weighted by Gasteiger charge is 2.59. The highest BCUT2D eigenvalue weighted by atomic mass is 32.2. The number of methoxy groups -OCH3 is 1. The van der Waals surface area contributed by atoms with Crippen LogP contribution in [0.5, 0.6) is 5.88 Å². The van der Waals surface area contributed by atoms with E-state index in [4.69, 9.17) is 10.5 Å². The van der Waals surface area contributed by atoms with Crippen LogP contribution in [0.4, 0.5) is 14.7 Å². The summed E-state index contributed by atoms with van der Waals surface area (Å²) < 4.78 is 60.0. The first-order valence-corrected chi connectivity index (χ1v) is 10.5. The molecule has 2 unspecified atom stereocenters. The number of aromatic nitrogens is 2. The number of nitrogens with zero attached hydrogens (tertiary/aromatic N) is 5. The zero-order chi connectivity index (χ0) is 21.8. The van der Waals surface area contributed by atoms with Crippen LogP contribution in [0.15, 0.2) is 29.3 Å². The van der Waals surface area contributed by atoms with Crippen molar-refractivity contribution in [1.82, 2.24) is 14.3 Å². The number of hydrogen-bond acceptors (Lipinski definition) is 8. The lowest BCUT2D eigenvalue weighted by Gasteiger charge is -2.38. The van der Waals surface area contributed by atoms with Gasteiger partial charge in [-0.25, -0.2) is 27.1 Å². The molecule has 4 rings (SSSR count). The highest BCUT2D eigenvalue weighted by molar-refractivity contribution is 7.90. The number of guanidine groups is 1. The molecule has 2 atom stereocenters. The number of fused-ring (bicyclic) bond motifs is 1. The number of aliphatic imine (C=N–C) groups is 1. The molecule has 12 heteroatoms. The second-order valence-electron chi connectivity index (χ2n) is 7.22. The van der Waals surface area contributed by atoms with Gasteiger partial charge in [0.2, 0.25) is 27.7 Å². The molecule has 2 aliphatic rings. The second-order valence-corrected chi connectivity index (χ2v) is 9.36. The summed E-state index contributed by atoms with van der Waals surface area (Å²) in [6, 6.07) is 5.45. The Balaban J connectivity index is 1.88. The van der Waals surface area contributed by atoms with Crippen molar-refractivity contribution in [3.8, 4) is 5.88 Å². The van der Waals surface area contributed by atoms with Gasteiger partial charge in [0.1, 0.15) is 16.6 Å². The molecule has 3 heterocycles. The zero-order valence-electron chi connectivity index (χ0n) is 16.5. The van der Waals surface area contributed by atoms with Crippen molar-refractivity contribution < 1.29 is 21.9 Å². The summed E-state index contributed by atoms with van der Waals surface area (Å²) in [5.74, 6) is -1.47. The molecule has 2 aliphatic heterocycles. The van der Waals surface area contributed by atoms with E-state index in [1.54, 1.807) is 4.90 Å². The van der Waals surface area contributed by atoms with Gasteiger partial charge in [0.15, 0.2) is 0 Å². The number of benzene rings is 1. The van der Waals surface area contributed by atoms with E-state index in [0.29, 0.717) is 5.56 Å². The summed E-state index contributed by atoms with van der Waals surface area (Å²) in [7, 11) is -1.29. The van der Waals surface area contributed by atoms with Crippen molar-refractivity contribution in [3.05, 3.63) is 47.2 Å². The average molecular weight is 438 g/mol. The maximum absolute atomic E-state index is 14.1. The number of nitrogens with two attached hydrogens (primary N) is 1. The lowest BCUT2D eigenvalue weighted by Crippen LogP contribution is -2.56. The molecule has 2 aromatic rings. The Morgan fingerprint density at radius 1 is 1.23 bits per heavy atom. The van der Waals surface area contributed by atoms with E-state index < -0.39 is 32.4 Å². The highest BCUT2D eigenvalue weighted by Crippen LogP contribution is 2.44. The first kappa shape index (κ1) is 20.3. The quantitative estimate of drug-likeness (QED) is 0.752. The van der Waals surface area contributed by atoms with Crippen LogP contribution in [0.3, 0.4) is 0 Å². The molecule has 0 amide bonds. The third-order valence-electron chi connectivity index (χ3n) is 5.52. The van der Waals surface area contributed by atoms with Gasteiger partial charge in [-0.05, 0) is 24.6 Å². The van der Waals surface area contributed by atoms with Crippen LogP contribution in [-0.4, -0.2) is 61.1 Å². The van der Waals surface area contributed by atoms with Crippen LogP contribution < -0.4 is 15.4 Å². The Morgan fingerprint density at radius 3 is 2.53 bits per heavy atom. The summed E-state index contributed by atoms with van der Waals surface area (Å²) in [6.07, 6.45) is 0. The Hall–Kier alpha value is -3.02. The van der Waals surface area contributed by atoms with Crippen LogP contribution in [0, 0.1) is 18.6 Å². The topological polar surface area (TPSA) is 114 Å². The molecule has 0 bridgehead atoms. The molecule has 30 heavy (non-hydrogen) atoms. The van der Waals surface area contributed by atoms with Gasteiger partial charge in [-0.15, -0.1) is 0 Å². The number of anilines is 1. The van der Waals surface area contributed by atoms with Gasteiger partial charge in [-0.1, -0.05) is 12.1 Å². The number of aryl methyl sites for hydroxylation is 1. The molecule has 1 fully saturated rings. The van der Waals surface area contributed by atoms with Gasteiger partial charge in [-0.3, -0.25) is 0 Å².